The Balaban J connectivity index is 1.71. The number of amides is 1. The molecule has 0 radical (unpaired) electrons. The first-order valence-electron chi connectivity index (χ1n) is 8.78. The van der Waals surface area contributed by atoms with E-state index in [1.807, 2.05) is 24.8 Å². The lowest BCUT2D eigenvalue weighted by atomic mass is 9.96. The van der Waals surface area contributed by atoms with Crippen LogP contribution in [0.1, 0.15) is 69.2 Å². The number of aromatic nitrogens is 2. The standard InChI is InChI=1S/C19H25N3O2/c1-13(2)19-21-20-17(24-19)10-11-18(23)22-12-6-7-14(3)15-8-4-5-9-16(15)22/h4-5,8-9,13-14H,6-7,10-12H2,1-3H3. The molecule has 1 aromatic carbocycles. The highest BCUT2D eigenvalue weighted by Gasteiger charge is 2.24. The Morgan fingerprint density at radius 2 is 2.12 bits per heavy atom. The van der Waals surface area contributed by atoms with Gasteiger partial charge in [-0.15, -0.1) is 10.2 Å². The highest BCUT2D eigenvalue weighted by Crippen LogP contribution is 2.34. The van der Waals surface area contributed by atoms with Crippen LogP contribution in [0.2, 0.25) is 0 Å². The van der Waals surface area contributed by atoms with Gasteiger partial charge in [-0.3, -0.25) is 4.79 Å². The van der Waals surface area contributed by atoms with E-state index in [1.165, 1.54) is 5.56 Å². The van der Waals surface area contributed by atoms with Crippen molar-refractivity contribution in [3.63, 3.8) is 0 Å². The van der Waals surface area contributed by atoms with Crippen LogP contribution in [-0.2, 0) is 11.2 Å². The molecule has 2 heterocycles. The maximum absolute atomic E-state index is 12.8. The van der Waals surface area contributed by atoms with Gasteiger partial charge >= 0.3 is 0 Å². The monoisotopic (exact) mass is 327 g/mol. The topological polar surface area (TPSA) is 59.2 Å². The molecule has 0 spiro atoms. The first-order chi connectivity index (χ1) is 11.6. The van der Waals surface area contributed by atoms with Gasteiger partial charge in [0.05, 0.1) is 0 Å². The number of para-hydroxylation sites is 1. The molecule has 1 amide bonds. The molecule has 0 saturated heterocycles. The summed E-state index contributed by atoms with van der Waals surface area (Å²) >= 11 is 0. The third-order valence-electron chi connectivity index (χ3n) is 4.61. The molecule has 0 N–H and O–H groups in total. The highest BCUT2D eigenvalue weighted by atomic mass is 16.4. The molecule has 0 fully saturated rings. The Morgan fingerprint density at radius 3 is 2.88 bits per heavy atom. The Kier molecular flexibility index (Phi) is 4.97. The number of hydrogen-bond donors (Lipinski definition) is 0. The zero-order valence-corrected chi connectivity index (χ0v) is 14.7. The predicted molar refractivity (Wildman–Crippen MR) is 93.2 cm³/mol. The molecule has 3 rings (SSSR count). The van der Waals surface area contributed by atoms with Crippen LogP contribution in [0.5, 0.6) is 0 Å². The summed E-state index contributed by atoms with van der Waals surface area (Å²) in [6.07, 6.45) is 3.02. The Hall–Kier alpha value is -2.17. The number of hydrogen-bond acceptors (Lipinski definition) is 4. The number of carbonyl (C=O) groups is 1. The zero-order chi connectivity index (χ0) is 17.1. The normalized spacial score (nSPS) is 17.7. The summed E-state index contributed by atoms with van der Waals surface area (Å²) in [7, 11) is 0. The third kappa shape index (κ3) is 3.50. The molecule has 1 unspecified atom stereocenters. The van der Waals surface area contributed by atoms with Crippen LogP contribution in [0.4, 0.5) is 5.69 Å². The lowest BCUT2D eigenvalue weighted by molar-refractivity contribution is -0.118. The number of anilines is 1. The van der Waals surface area contributed by atoms with Gasteiger partial charge < -0.3 is 9.32 Å². The molecule has 1 aromatic heterocycles. The van der Waals surface area contributed by atoms with E-state index in [9.17, 15) is 4.79 Å². The minimum absolute atomic E-state index is 0.126. The summed E-state index contributed by atoms with van der Waals surface area (Å²) in [6, 6.07) is 8.25. The second kappa shape index (κ2) is 7.16. The van der Waals surface area contributed by atoms with Crippen LogP contribution in [-0.4, -0.2) is 22.6 Å². The van der Waals surface area contributed by atoms with E-state index >= 15 is 0 Å². The van der Waals surface area contributed by atoms with E-state index in [0.717, 1.165) is 25.1 Å². The van der Waals surface area contributed by atoms with Crippen LogP contribution in [0.15, 0.2) is 28.7 Å². The van der Waals surface area contributed by atoms with E-state index in [4.69, 9.17) is 4.42 Å². The van der Waals surface area contributed by atoms with Crippen molar-refractivity contribution >= 4 is 11.6 Å². The van der Waals surface area contributed by atoms with Crippen molar-refractivity contribution < 1.29 is 9.21 Å². The molecular formula is C19H25N3O2. The largest absolute Gasteiger partial charge is 0.425 e. The summed E-state index contributed by atoms with van der Waals surface area (Å²) in [5.74, 6) is 2.00. The van der Waals surface area contributed by atoms with Crippen LogP contribution in [0.25, 0.3) is 0 Å². The number of nitrogens with zero attached hydrogens (tertiary/aromatic N) is 3. The Bertz CT molecular complexity index is 708. The van der Waals surface area contributed by atoms with Crippen molar-refractivity contribution in [3.05, 3.63) is 41.6 Å². The lowest BCUT2D eigenvalue weighted by Crippen LogP contribution is -2.31. The van der Waals surface area contributed by atoms with Gasteiger partial charge in [-0.25, -0.2) is 0 Å². The van der Waals surface area contributed by atoms with Crippen molar-refractivity contribution in [1.29, 1.82) is 0 Å². The average molecular weight is 327 g/mol. The van der Waals surface area contributed by atoms with Crippen LogP contribution < -0.4 is 4.90 Å². The average Bonchev–Trinajstić information content (AvgIpc) is 2.99. The van der Waals surface area contributed by atoms with Crippen molar-refractivity contribution in [1.82, 2.24) is 10.2 Å². The minimum Gasteiger partial charge on any atom is -0.425 e. The van der Waals surface area contributed by atoms with Crippen LogP contribution >= 0.6 is 0 Å². The van der Waals surface area contributed by atoms with Crippen LogP contribution in [0.3, 0.4) is 0 Å². The summed E-state index contributed by atoms with van der Waals surface area (Å²) < 4.78 is 5.60. The molecule has 128 valence electrons. The first-order valence-corrected chi connectivity index (χ1v) is 8.78. The molecule has 24 heavy (non-hydrogen) atoms. The number of aryl methyl sites for hydroxylation is 1. The first kappa shape index (κ1) is 16.7. The van der Waals surface area contributed by atoms with E-state index in [2.05, 4.69) is 35.3 Å². The van der Waals surface area contributed by atoms with Gasteiger partial charge in [-0.2, -0.15) is 0 Å². The fourth-order valence-corrected chi connectivity index (χ4v) is 3.19. The van der Waals surface area contributed by atoms with Crippen molar-refractivity contribution in [2.75, 3.05) is 11.4 Å². The summed E-state index contributed by atoms with van der Waals surface area (Å²) in [5.41, 5.74) is 2.32. The molecule has 1 aliphatic rings. The van der Waals surface area contributed by atoms with Crippen LogP contribution in [0, 0.1) is 0 Å². The molecule has 5 heteroatoms. The van der Waals surface area contributed by atoms with E-state index in [-0.39, 0.29) is 11.8 Å². The second-order valence-corrected chi connectivity index (χ2v) is 6.84. The fourth-order valence-electron chi connectivity index (χ4n) is 3.19. The summed E-state index contributed by atoms with van der Waals surface area (Å²) in [6.45, 7) is 7.04. The van der Waals surface area contributed by atoms with Gasteiger partial charge in [0.15, 0.2) is 0 Å². The van der Waals surface area contributed by atoms with Gasteiger partial charge in [0.1, 0.15) is 0 Å². The van der Waals surface area contributed by atoms with Crippen molar-refractivity contribution in [2.24, 2.45) is 0 Å². The molecule has 0 aliphatic carbocycles. The fraction of sp³-hybridized carbons (Fsp3) is 0.526. The second-order valence-electron chi connectivity index (χ2n) is 6.84. The van der Waals surface area contributed by atoms with Gasteiger partial charge in [0.25, 0.3) is 0 Å². The Morgan fingerprint density at radius 1 is 1.33 bits per heavy atom. The SMILES string of the molecule is CC(C)c1nnc(CCC(=O)N2CCCC(C)c3ccccc32)o1. The van der Waals surface area contributed by atoms with Gasteiger partial charge in [-0.05, 0) is 30.4 Å². The molecule has 2 aromatic rings. The summed E-state index contributed by atoms with van der Waals surface area (Å²) in [4.78, 5) is 14.7. The number of rotatable bonds is 4. The number of carbonyl (C=O) groups excluding carboxylic acids is 1. The molecule has 0 saturated carbocycles. The van der Waals surface area contributed by atoms with E-state index in [1.54, 1.807) is 0 Å². The Labute approximate surface area is 143 Å². The quantitative estimate of drug-likeness (QED) is 0.850. The predicted octanol–water partition coefficient (Wildman–Crippen LogP) is 4.06. The molecule has 1 atom stereocenters. The van der Waals surface area contributed by atoms with Gasteiger partial charge in [0.2, 0.25) is 17.7 Å². The van der Waals surface area contributed by atoms with E-state index < -0.39 is 0 Å². The molecular weight excluding hydrogens is 302 g/mol. The molecule has 5 nitrogen and oxygen atoms in total. The van der Waals surface area contributed by atoms with E-state index in [0.29, 0.717) is 30.5 Å². The zero-order valence-electron chi connectivity index (χ0n) is 14.7. The van der Waals surface area contributed by atoms with Gasteiger partial charge in [0, 0.05) is 31.0 Å². The van der Waals surface area contributed by atoms with Gasteiger partial charge in [-0.1, -0.05) is 39.0 Å². The number of benzene rings is 1. The lowest BCUT2D eigenvalue weighted by Gasteiger charge is -2.23. The third-order valence-corrected chi connectivity index (χ3v) is 4.61. The van der Waals surface area contributed by atoms with Crippen molar-refractivity contribution in [3.8, 4) is 0 Å². The minimum atomic E-state index is 0.126. The maximum Gasteiger partial charge on any atom is 0.227 e. The number of fused-ring (bicyclic) bond motifs is 1. The molecule has 0 bridgehead atoms. The summed E-state index contributed by atoms with van der Waals surface area (Å²) in [5, 5.41) is 8.07. The smallest absolute Gasteiger partial charge is 0.227 e. The molecule has 1 aliphatic heterocycles. The highest BCUT2D eigenvalue weighted by molar-refractivity contribution is 5.94. The van der Waals surface area contributed by atoms with Crippen molar-refractivity contribution in [2.45, 2.75) is 58.3 Å². The maximum atomic E-state index is 12.8.